The van der Waals surface area contributed by atoms with Gasteiger partial charge >= 0.3 is 0 Å². The van der Waals surface area contributed by atoms with Gasteiger partial charge in [0, 0.05) is 13.1 Å². The minimum atomic E-state index is -0.0717. The summed E-state index contributed by atoms with van der Waals surface area (Å²) >= 11 is 0. The van der Waals surface area contributed by atoms with E-state index >= 15 is 0 Å². The van der Waals surface area contributed by atoms with Crippen LogP contribution >= 0.6 is 0 Å². The molecule has 1 aromatic heterocycles. The van der Waals surface area contributed by atoms with Gasteiger partial charge in [-0.1, -0.05) is 0 Å². The summed E-state index contributed by atoms with van der Waals surface area (Å²) in [6.07, 6.45) is 2.72. The molecule has 5 nitrogen and oxygen atoms in total. The number of amides is 1. The number of nitrogens with zero attached hydrogens (tertiary/aromatic N) is 1. The van der Waals surface area contributed by atoms with Crippen LogP contribution in [0.4, 0.5) is 0 Å². The van der Waals surface area contributed by atoms with Gasteiger partial charge in [-0.3, -0.25) is 9.69 Å². The van der Waals surface area contributed by atoms with Crippen LogP contribution in [0.1, 0.15) is 25.1 Å². The molecule has 2 heterocycles. The van der Waals surface area contributed by atoms with Crippen molar-refractivity contribution in [2.24, 2.45) is 0 Å². The van der Waals surface area contributed by atoms with E-state index in [0.717, 1.165) is 38.4 Å². The SMILES string of the molecule is C[C@H](NC(=O)CN1CCCNCC1)c1ccco1. The molecule has 0 spiro atoms. The Labute approximate surface area is 108 Å². The van der Waals surface area contributed by atoms with Crippen LogP contribution in [0, 0.1) is 0 Å². The molecule has 1 aromatic rings. The molecule has 18 heavy (non-hydrogen) atoms. The van der Waals surface area contributed by atoms with Gasteiger partial charge in [0.2, 0.25) is 5.91 Å². The molecule has 1 aliphatic heterocycles. The highest BCUT2D eigenvalue weighted by atomic mass is 16.3. The van der Waals surface area contributed by atoms with Crippen molar-refractivity contribution >= 4 is 5.91 Å². The highest BCUT2D eigenvalue weighted by Crippen LogP contribution is 2.11. The molecule has 1 amide bonds. The van der Waals surface area contributed by atoms with Crippen LogP contribution in [0.5, 0.6) is 0 Å². The van der Waals surface area contributed by atoms with Crippen molar-refractivity contribution in [2.45, 2.75) is 19.4 Å². The molecule has 5 heteroatoms. The van der Waals surface area contributed by atoms with Gasteiger partial charge in [-0.05, 0) is 38.6 Å². The molecular formula is C13H21N3O2. The smallest absolute Gasteiger partial charge is 0.234 e. The van der Waals surface area contributed by atoms with Crippen LogP contribution in [-0.4, -0.2) is 43.5 Å². The number of hydrogen-bond donors (Lipinski definition) is 2. The van der Waals surface area contributed by atoms with Crippen molar-refractivity contribution in [3.05, 3.63) is 24.2 Å². The van der Waals surface area contributed by atoms with Crippen molar-refractivity contribution in [3.8, 4) is 0 Å². The zero-order valence-electron chi connectivity index (χ0n) is 10.8. The predicted octanol–water partition coefficient (Wildman–Crippen LogP) is 0.752. The largest absolute Gasteiger partial charge is 0.467 e. The molecule has 0 aliphatic carbocycles. The summed E-state index contributed by atoms with van der Waals surface area (Å²) in [7, 11) is 0. The van der Waals surface area contributed by atoms with Crippen LogP contribution in [0.25, 0.3) is 0 Å². The number of hydrogen-bond acceptors (Lipinski definition) is 4. The zero-order valence-corrected chi connectivity index (χ0v) is 10.8. The van der Waals surface area contributed by atoms with Crippen LogP contribution in [0.3, 0.4) is 0 Å². The van der Waals surface area contributed by atoms with Gasteiger partial charge < -0.3 is 15.1 Å². The Morgan fingerprint density at radius 1 is 1.56 bits per heavy atom. The molecule has 0 unspecified atom stereocenters. The van der Waals surface area contributed by atoms with Gasteiger partial charge in [0.25, 0.3) is 0 Å². The Kier molecular flexibility index (Phi) is 4.78. The average molecular weight is 251 g/mol. The predicted molar refractivity (Wildman–Crippen MR) is 69.2 cm³/mol. The van der Waals surface area contributed by atoms with Crippen LogP contribution < -0.4 is 10.6 Å². The minimum Gasteiger partial charge on any atom is -0.467 e. The van der Waals surface area contributed by atoms with Gasteiger partial charge in [0.05, 0.1) is 18.8 Å². The fourth-order valence-electron chi connectivity index (χ4n) is 2.16. The molecule has 0 aromatic carbocycles. The summed E-state index contributed by atoms with van der Waals surface area (Å²) in [4.78, 5) is 14.1. The van der Waals surface area contributed by atoms with E-state index in [2.05, 4.69) is 15.5 Å². The van der Waals surface area contributed by atoms with Crippen LogP contribution in [0.15, 0.2) is 22.8 Å². The Balaban J connectivity index is 1.77. The van der Waals surface area contributed by atoms with Crippen molar-refractivity contribution in [2.75, 3.05) is 32.7 Å². The zero-order chi connectivity index (χ0) is 12.8. The maximum atomic E-state index is 11.9. The number of nitrogens with one attached hydrogen (secondary N) is 2. The quantitative estimate of drug-likeness (QED) is 0.829. The van der Waals surface area contributed by atoms with Gasteiger partial charge in [-0.2, -0.15) is 0 Å². The Hall–Kier alpha value is -1.33. The number of carbonyl (C=O) groups excluding carboxylic acids is 1. The van der Waals surface area contributed by atoms with Gasteiger partial charge in [0.15, 0.2) is 0 Å². The first-order chi connectivity index (χ1) is 8.75. The van der Waals surface area contributed by atoms with E-state index < -0.39 is 0 Å². The standard InChI is InChI=1S/C13H21N3O2/c1-11(12-4-2-9-18-12)15-13(17)10-16-7-3-5-14-6-8-16/h2,4,9,11,14H,3,5-8,10H2,1H3,(H,15,17)/t11-/m0/s1. The van der Waals surface area contributed by atoms with Crippen molar-refractivity contribution < 1.29 is 9.21 Å². The van der Waals surface area contributed by atoms with E-state index in [1.165, 1.54) is 0 Å². The first kappa shape index (κ1) is 13.1. The maximum Gasteiger partial charge on any atom is 0.234 e. The summed E-state index contributed by atoms with van der Waals surface area (Å²) in [5.41, 5.74) is 0. The Morgan fingerprint density at radius 3 is 3.22 bits per heavy atom. The lowest BCUT2D eigenvalue weighted by molar-refractivity contribution is -0.123. The fourth-order valence-corrected chi connectivity index (χ4v) is 2.16. The molecule has 1 aliphatic rings. The highest BCUT2D eigenvalue weighted by Gasteiger charge is 2.15. The lowest BCUT2D eigenvalue weighted by Gasteiger charge is -2.20. The normalized spacial score (nSPS) is 19.2. The average Bonchev–Trinajstić information content (AvgIpc) is 2.76. The summed E-state index contributed by atoms with van der Waals surface area (Å²) in [6.45, 7) is 6.31. The Bertz CT molecular complexity index is 356. The second-order valence-corrected chi connectivity index (χ2v) is 4.68. The van der Waals surface area contributed by atoms with Gasteiger partial charge in [0.1, 0.15) is 5.76 Å². The van der Waals surface area contributed by atoms with E-state index in [9.17, 15) is 4.79 Å². The second kappa shape index (κ2) is 6.56. The molecule has 1 saturated heterocycles. The molecule has 100 valence electrons. The van der Waals surface area contributed by atoms with Crippen molar-refractivity contribution in [3.63, 3.8) is 0 Å². The molecule has 2 rings (SSSR count). The molecule has 1 atom stereocenters. The first-order valence-corrected chi connectivity index (χ1v) is 6.51. The summed E-state index contributed by atoms with van der Waals surface area (Å²) in [6, 6.07) is 3.64. The molecule has 0 saturated carbocycles. The summed E-state index contributed by atoms with van der Waals surface area (Å²) < 4.78 is 5.27. The van der Waals surface area contributed by atoms with E-state index in [0.29, 0.717) is 6.54 Å². The second-order valence-electron chi connectivity index (χ2n) is 4.68. The van der Waals surface area contributed by atoms with E-state index in [1.807, 2.05) is 19.1 Å². The molecule has 0 radical (unpaired) electrons. The van der Waals surface area contributed by atoms with Crippen LogP contribution in [0.2, 0.25) is 0 Å². The third-order valence-electron chi connectivity index (χ3n) is 3.15. The topological polar surface area (TPSA) is 57.5 Å². The monoisotopic (exact) mass is 251 g/mol. The molecule has 1 fully saturated rings. The molecular weight excluding hydrogens is 230 g/mol. The van der Waals surface area contributed by atoms with Gasteiger partial charge in [-0.15, -0.1) is 0 Å². The summed E-state index contributed by atoms with van der Waals surface area (Å²) in [5.74, 6) is 0.849. The Morgan fingerprint density at radius 2 is 2.44 bits per heavy atom. The van der Waals surface area contributed by atoms with Crippen LogP contribution in [-0.2, 0) is 4.79 Å². The number of furan rings is 1. The lowest BCUT2D eigenvalue weighted by atomic mass is 10.2. The van der Waals surface area contributed by atoms with Crippen molar-refractivity contribution in [1.29, 1.82) is 0 Å². The molecule has 0 bridgehead atoms. The van der Waals surface area contributed by atoms with Gasteiger partial charge in [-0.25, -0.2) is 0 Å². The summed E-state index contributed by atoms with van der Waals surface area (Å²) in [5, 5.41) is 6.28. The molecule has 2 N–H and O–H groups in total. The minimum absolute atomic E-state index is 0.0563. The van der Waals surface area contributed by atoms with E-state index in [-0.39, 0.29) is 11.9 Å². The van der Waals surface area contributed by atoms with Crippen molar-refractivity contribution in [1.82, 2.24) is 15.5 Å². The van der Waals surface area contributed by atoms with E-state index in [1.54, 1.807) is 6.26 Å². The first-order valence-electron chi connectivity index (χ1n) is 6.51. The maximum absolute atomic E-state index is 11.9. The van der Waals surface area contributed by atoms with E-state index in [4.69, 9.17) is 4.42 Å². The highest BCUT2D eigenvalue weighted by molar-refractivity contribution is 5.78. The third kappa shape index (κ3) is 3.85. The number of rotatable bonds is 4. The fraction of sp³-hybridized carbons (Fsp3) is 0.615. The number of carbonyl (C=O) groups is 1. The lowest BCUT2D eigenvalue weighted by Crippen LogP contribution is -2.39. The third-order valence-corrected chi connectivity index (χ3v) is 3.15.